The molecule has 0 radical (unpaired) electrons. The lowest BCUT2D eigenvalue weighted by Gasteiger charge is -1.98. The molecule has 0 fully saturated rings. The van der Waals surface area contributed by atoms with Gasteiger partial charge in [0.15, 0.2) is 6.29 Å². The number of nitrogens with zero attached hydrogens (tertiary/aromatic N) is 2. The minimum atomic E-state index is 0.342. The summed E-state index contributed by atoms with van der Waals surface area (Å²) in [5.41, 5.74) is 7.61. The lowest BCUT2D eigenvalue weighted by atomic mass is 10.1. The third-order valence-corrected chi connectivity index (χ3v) is 2.82. The van der Waals surface area contributed by atoms with Crippen molar-refractivity contribution in [2.45, 2.75) is 6.54 Å². The number of carbonyl (C=O) groups is 1. The van der Waals surface area contributed by atoms with E-state index in [-0.39, 0.29) is 0 Å². The first kappa shape index (κ1) is 12.4. The van der Waals surface area contributed by atoms with E-state index >= 15 is 0 Å². The van der Waals surface area contributed by atoms with Gasteiger partial charge in [-0.2, -0.15) is 5.10 Å². The number of allylic oxidation sites excluding steroid dienone is 1. The molecular formula is C13H12ClN3O. The zero-order valence-electron chi connectivity index (χ0n) is 9.64. The van der Waals surface area contributed by atoms with Crippen molar-refractivity contribution in [3.8, 4) is 11.3 Å². The Bertz CT molecular complexity index is 587. The topological polar surface area (TPSA) is 60.9 Å². The summed E-state index contributed by atoms with van der Waals surface area (Å²) in [7, 11) is 0. The Morgan fingerprint density at radius 1 is 1.39 bits per heavy atom. The maximum Gasteiger partial charge on any atom is 0.156 e. The molecule has 2 rings (SSSR count). The fourth-order valence-electron chi connectivity index (χ4n) is 1.69. The van der Waals surface area contributed by atoms with E-state index in [1.165, 1.54) is 0 Å². The van der Waals surface area contributed by atoms with Crippen LogP contribution in [0, 0.1) is 0 Å². The Hall–Kier alpha value is -2.07. The minimum absolute atomic E-state index is 0.342. The van der Waals surface area contributed by atoms with Crippen LogP contribution in [-0.4, -0.2) is 16.1 Å². The molecule has 4 nitrogen and oxygen atoms in total. The second-order valence-electron chi connectivity index (χ2n) is 3.74. The zero-order valence-corrected chi connectivity index (χ0v) is 10.4. The van der Waals surface area contributed by atoms with Crippen LogP contribution in [0.25, 0.3) is 11.3 Å². The maximum absolute atomic E-state index is 11.1. The van der Waals surface area contributed by atoms with Crippen molar-refractivity contribution in [3.05, 3.63) is 47.5 Å². The van der Waals surface area contributed by atoms with Gasteiger partial charge in [-0.05, 0) is 12.1 Å². The molecule has 1 aromatic heterocycles. The van der Waals surface area contributed by atoms with Crippen LogP contribution in [0.4, 0.5) is 5.82 Å². The summed E-state index contributed by atoms with van der Waals surface area (Å²) in [6, 6.07) is 7.09. The molecule has 0 aliphatic carbocycles. The van der Waals surface area contributed by atoms with Crippen LogP contribution in [0.1, 0.15) is 10.4 Å². The van der Waals surface area contributed by atoms with Crippen LogP contribution < -0.4 is 5.73 Å². The number of rotatable bonds is 4. The lowest BCUT2D eigenvalue weighted by Crippen LogP contribution is -2.03. The first-order chi connectivity index (χ1) is 8.67. The second kappa shape index (κ2) is 5.06. The number of aldehydes is 1. The normalized spacial score (nSPS) is 10.3. The van der Waals surface area contributed by atoms with Crippen molar-refractivity contribution < 1.29 is 4.79 Å². The Balaban J connectivity index is 2.56. The monoisotopic (exact) mass is 261 g/mol. The molecule has 1 heterocycles. The predicted octanol–water partition coefficient (Wildman–Crippen LogP) is 2.78. The van der Waals surface area contributed by atoms with Crippen LogP contribution in [0.5, 0.6) is 0 Å². The van der Waals surface area contributed by atoms with E-state index in [2.05, 4.69) is 11.7 Å². The average Bonchev–Trinajstić information content (AvgIpc) is 2.68. The quantitative estimate of drug-likeness (QED) is 0.680. The Morgan fingerprint density at radius 3 is 2.61 bits per heavy atom. The molecule has 5 heteroatoms. The summed E-state index contributed by atoms with van der Waals surface area (Å²) in [5, 5.41) is 4.95. The van der Waals surface area contributed by atoms with E-state index in [4.69, 9.17) is 17.3 Å². The Labute approximate surface area is 110 Å². The van der Waals surface area contributed by atoms with E-state index in [0.29, 0.717) is 34.9 Å². The zero-order chi connectivity index (χ0) is 13.1. The largest absolute Gasteiger partial charge is 0.383 e. The number of halogens is 1. The number of anilines is 1. The van der Waals surface area contributed by atoms with Gasteiger partial charge in [-0.25, -0.2) is 4.68 Å². The number of hydrogen-bond acceptors (Lipinski definition) is 3. The fourth-order valence-corrected chi connectivity index (χ4v) is 1.81. The van der Waals surface area contributed by atoms with Gasteiger partial charge in [0.1, 0.15) is 11.5 Å². The van der Waals surface area contributed by atoms with E-state index in [9.17, 15) is 4.79 Å². The molecule has 0 amide bonds. The van der Waals surface area contributed by atoms with Crippen molar-refractivity contribution in [3.63, 3.8) is 0 Å². The summed E-state index contributed by atoms with van der Waals surface area (Å²) in [4.78, 5) is 11.1. The van der Waals surface area contributed by atoms with Crippen molar-refractivity contribution >= 4 is 23.7 Å². The molecule has 0 saturated heterocycles. The highest BCUT2D eigenvalue weighted by atomic mass is 35.5. The molecule has 0 spiro atoms. The van der Waals surface area contributed by atoms with Crippen LogP contribution in [0.3, 0.4) is 0 Å². The van der Waals surface area contributed by atoms with E-state index in [1.807, 2.05) is 0 Å². The number of aromatic nitrogens is 2. The number of nitrogen functional groups attached to an aromatic ring is 1. The fraction of sp³-hybridized carbons (Fsp3) is 0.0769. The molecule has 2 N–H and O–H groups in total. The molecule has 2 aromatic rings. The summed E-state index contributed by atoms with van der Waals surface area (Å²) in [6.45, 7) is 4.08. The Morgan fingerprint density at radius 2 is 2.06 bits per heavy atom. The van der Waals surface area contributed by atoms with Crippen molar-refractivity contribution in [2.75, 3.05) is 5.73 Å². The minimum Gasteiger partial charge on any atom is -0.383 e. The van der Waals surface area contributed by atoms with Crippen LogP contribution in [0.15, 0.2) is 36.9 Å². The van der Waals surface area contributed by atoms with E-state index in [0.717, 1.165) is 5.56 Å². The van der Waals surface area contributed by atoms with Gasteiger partial charge < -0.3 is 5.73 Å². The highest BCUT2D eigenvalue weighted by molar-refractivity contribution is 6.30. The highest BCUT2D eigenvalue weighted by Gasteiger charge is 2.15. The summed E-state index contributed by atoms with van der Waals surface area (Å²) < 4.78 is 1.54. The van der Waals surface area contributed by atoms with Crippen LogP contribution in [0.2, 0.25) is 5.02 Å². The molecule has 18 heavy (non-hydrogen) atoms. The van der Waals surface area contributed by atoms with Gasteiger partial charge in [-0.3, -0.25) is 4.79 Å². The van der Waals surface area contributed by atoms with Crippen LogP contribution >= 0.6 is 11.6 Å². The predicted molar refractivity (Wildman–Crippen MR) is 72.7 cm³/mol. The van der Waals surface area contributed by atoms with Crippen molar-refractivity contribution in [1.82, 2.24) is 9.78 Å². The van der Waals surface area contributed by atoms with Gasteiger partial charge in [-0.1, -0.05) is 29.8 Å². The standard InChI is InChI=1S/C13H12ClN3O/c1-2-7-17-13(15)11(8-18)12(16-17)9-3-5-10(14)6-4-9/h2-6,8H,1,7,15H2. The third-order valence-electron chi connectivity index (χ3n) is 2.57. The molecule has 0 unspecified atom stereocenters. The molecule has 0 atom stereocenters. The number of nitrogens with two attached hydrogens (primary N) is 1. The first-order valence-corrected chi connectivity index (χ1v) is 5.73. The van der Waals surface area contributed by atoms with E-state index in [1.54, 1.807) is 35.0 Å². The molecule has 92 valence electrons. The van der Waals surface area contributed by atoms with Gasteiger partial charge in [0.25, 0.3) is 0 Å². The highest BCUT2D eigenvalue weighted by Crippen LogP contribution is 2.26. The molecule has 0 saturated carbocycles. The SMILES string of the molecule is C=CCn1nc(-c2ccc(Cl)cc2)c(C=O)c1N. The summed E-state index contributed by atoms with van der Waals surface area (Å²) >= 11 is 5.83. The summed E-state index contributed by atoms with van der Waals surface area (Å²) in [6.07, 6.45) is 2.38. The second-order valence-corrected chi connectivity index (χ2v) is 4.18. The molecule has 0 bridgehead atoms. The van der Waals surface area contributed by atoms with Gasteiger partial charge in [0, 0.05) is 10.6 Å². The third kappa shape index (κ3) is 2.15. The van der Waals surface area contributed by atoms with Crippen molar-refractivity contribution in [2.24, 2.45) is 0 Å². The van der Waals surface area contributed by atoms with Gasteiger partial charge >= 0.3 is 0 Å². The molecular weight excluding hydrogens is 250 g/mol. The van der Waals surface area contributed by atoms with Gasteiger partial charge in [0.05, 0.1) is 12.1 Å². The summed E-state index contributed by atoms with van der Waals surface area (Å²) in [5.74, 6) is 0.342. The maximum atomic E-state index is 11.1. The number of carbonyl (C=O) groups excluding carboxylic acids is 1. The van der Waals surface area contributed by atoms with Gasteiger partial charge in [-0.15, -0.1) is 6.58 Å². The van der Waals surface area contributed by atoms with Crippen molar-refractivity contribution in [1.29, 1.82) is 0 Å². The van der Waals surface area contributed by atoms with Gasteiger partial charge in [0.2, 0.25) is 0 Å². The molecule has 0 aliphatic heterocycles. The molecule has 1 aromatic carbocycles. The number of benzene rings is 1. The van der Waals surface area contributed by atoms with E-state index < -0.39 is 0 Å². The lowest BCUT2D eigenvalue weighted by molar-refractivity contribution is 0.112. The smallest absolute Gasteiger partial charge is 0.156 e. The Kier molecular flexibility index (Phi) is 3.48. The first-order valence-electron chi connectivity index (χ1n) is 5.35. The average molecular weight is 262 g/mol. The molecule has 0 aliphatic rings. The van der Waals surface area contributed by atoms with Crippen LogP contribution in [-0.2, 0) is 6.54 Å². The number of hydrogen-bond donors (Lipinski definition) is 1.